The molecule has 1 aromatic rings. The molecule has 3 rings (SSSR count). The lowest BCUT2D eigenvalue weighted by Crippen LogP contribution is -2.38. The number of hydrogen-bond donors (Lipinski definition) is 1. The maximum absolute atomic E-state index is 5.43. The van der Waals surface area contributed by atoms with Gasteiger partial charge >= 0.3 is 0 Å². The topological polar surface area (TPSA) is 51.0 Å². The van der Waals surface area contributed by atoms with Gasteiger partial charge in [-0.1, -0.05) is 19.0 Å². The van der Waals surface area contributed by atoms with Crippen LogP contribution < -0.4 is 5.32 Å². The molecule has 1 N–H and O–H groups in total. The van der Waals surface area contributed by atoms with Crippen molar-refractivity contribution >= 4 is 11.8 Å². The van der Waals surface area contributed by atoms with Crippen LogP contribution in [-0.2, 0) is 12.2 Å². The highest BCUT2D eigenvalue weighted by Crippen LogP contribution is 2.32. The Morgan fingerprint density at radius 2 is 2.10 bits per heavy atom. The first-order valence-electron chi connectivity index (χ1n) is 7.92. The zero-order valence-electron chi connectivity index (χ0n) is 12.5. The van der Waals surface area contributed by atoms with Crippen molar-refractivity contribution in [3.05, 3.63) is 11.7 Å². The number of nitrogens with zero attached hydrogens (tertiary/aromatic N) is 2. The third-order valence-corrected chi connectivity index (χ3v) is 5.94. The second kappa shape index (κ2) is 6.48. The first-order valence-corrected chi connectivity index (χ1v) is 8.97. The molecule has 20 heavy (non-hydrogen) atoms. The molecule has 0 spiro atoms. The number of thioether (sulfide) groups is 1. The standard InChI is InChI=1S/C15H25N3OS/c1-3-10(2)20-9-14-17-15(19-18-14)8-11-6-12-4-5-13(7-11)16-12/h10-13,16H,3-9H2,1-2H3. The third-order valence-electron chi connectivity index (χ3n) is 4.62. The van der Waals surface area contributed by atoms with Crippen molar-refractivity contribution in [2.45, 2.75) is 75.5 Å². The van der Waals surface area contributed by atoms with Gasteiger partial charge in [-0.25, -0.2) is 0 Å². The maximum Gasteiger partial charge on any atom is 0.226 e. The van der Waals surface area contributed by atoms with E-state index in [1.54, 1.807) is 0 Å². The first-order chi connectivity index (χ1) is 9.72. The minimum absolute atomic E-state index is 0.664. The summed E-state index contributed by atoms with van der Waals surface area (Å²) >= 11 is 1.90. The second-order valence-corrected chi connectivity index (χ2v) is 7.74. The van der Waals surface area contributed by atoms with Crippen LogP contribution in [-0.4, -0.2) is 27.5 Å². The van der Waals surface area contributed by atoms with E-state index in [0.717, 1.165) is 41.9 Å². The Kier molecular flexibility index (Phi) is 4.66. The van der Waals surface area contributed by atoms with Gasteiger partial charge in [-0.2, -0.15) is 16.7 Å². The molecule has 5 heteroatoms. The number of aromatic nitrogens is 2. The molecule has 0 amide bonds. The summed E-state index contributed by atoms with van der Waals surface area (Å²) in [5.74, 6) is 3.30. The number of nitrogens with one attached hydrogen (secondary N) is 1. The van der Waals surface area contributed by atoms with Crippen LogP contribution in [0.25, 0.3) is 0 Å². The Hall–Kier alpha value is -0.550. The molecule has 0 saturated carbocycles. The smallest absolute Gasteiger partial charge is 0.226 e. The van der Waals surface area contributed by atoms with E-state index in [-0.39, 0.29) is 0 Å². The highest BCUT2D eigenvalue weighted by atomic mass is 32.2. The average Bonchev–Trinajstić information content (AvgIpc) is 3.03. The van der Waals surface area contributed by atoms with Gasteiger partial charge in [-0.15, -0.1) is 0 Å². The van der Waals surface area contributed by atoms with Gasteiger partial charge in [0.05, 0.1) is 5.75 Å². The van der Waals surface area contributed by atoms with Crippen molar-refractivity contribution in [1.82, 2.24) is 15.5 Å². The van der Waals surface area contributed by atoms with Crippen LogP contribution in [0.3, 0.4) is 0 Å². The summed E-state index contributed by atoms with van der Waals surface area (Å²) in [5, 5.41) is 8.46. The molecule has 2 saturated heterocycles. The molecule has 0 aliphatic carbocycles. The third kappa shape index (κ3) is 3.55. The van der Waals surface area contributed by atoms with E-state index >= 15 is 0 Å². The zero-order chi connectivity index (χ0) is 13.9. The average molecular weight is 295 g/mol. The van der Waals surface area contributed by atoms with Gasteiger partial charge in [0, 0.05) is 23.8 Å². The quantitative estimate of drug-likeness (QED) is 0.873. The fraction of sp³-hybridized carbons (Fsp3) is 0.867. The lowest BCUT2D eigenvalue weighted by Gasteiger charge is -2.28. The highest BCUT2D eigenvalue weighted by Gasteiger charge is 2.34. The van der Waals surface area contributed by atoms with Crippen LogP contribution in [0.2, 0.25) is 0 Å². The lowest BCUT2D eigenvalue weighted by molar-refractivity contribution is 0.270. The molecule has 4 nitrogen and oxygen atoms in total. The second-order valence-electron chi connectivity index (χ2n) is 6.31. The van der Waals surface area contributed by atoms with Crippen LogP contribution in [0.1, 0.15) is 57.7 Å². The number of rotatable bonds is 6. The molecule has 2 aliphatic rings. The number of fused-ring (bicyclic) bond motifs is 2. The molecular weight excluding hydrogens is 270 g/mol. The minimum Gasteiger partial charge on any atom is -0.339 e. The molecule has 0 aromatic carbocycles. The normalized spacial score (nSPS) is 30.6. The molecule has 2 bridgehead atoms. The van der Waals surface area contributed by atoms with E-state index in [9.17, 15) is 0 Å². The molecule has 3 unspecified atom stereocenters. The molecule has 1 aromatic heterocycles. The molecule has 2 aliphatic heterocycles. The van der Waals surface area contributed by atoms with E-state index in [0.29, 0.717) is 5.25 Å². The highest BCUT2D eigenvalue weighted by molar-refractivity contribution is 7.99. The summed E-state index contributed by atoms with van der Waals surface area (Å²) < 4.78 is 5.43. The van der Waals surface area contributed by atoms with Crippen LogP contribution in [0.5, 0.6) is 0 Å². The molecule has 0 radical (unpaired) electrons. The SMILES string of the molecule is CCC(C)SCc1noc(CC2CC3CCC(C2)N3)n1. The van der Waals surface area contributed by atoms with Crippen molar-refractivity contribution in [2.75, 3.05) is 0 Å². The van der Waals surface area contributed by atoms with E-state index in [4.69, 9.17) is 4.52 Å². The van der Waals surface area contributed by atoms with Crippen LogP contribution >= 0.6 is 11.8 Å². The van der Waals surface area contributed by atoms with E-state index in [2.05, 4.69) is 29.3 Å². The van der Waals surface area contributed by atoms with Crippen molar-refractivity contribution in [3.8, 4) is 0 Å². The van der Waals surface area contributed by atoms with Crippen LogP contribution in [0.15, 0.2) is 4.52 Å². The van der Waals surface area contributed by atoms with Gasteiger partial charge in [0.15, 0.2) is 5.82 Å². The molecule has 2 fully saturated rings. The maximum atomic E-state index is 5.43. The van der Waals surface area contributed by atoms with Gasteiger partial charge in [-0.3, -0.25) is 0 Å². The summed E-state index contributed by atoms with van der Waals surface area (Å²) in [4.78, 5) is 4.56. The summed E-state index contributed by atoms with van der Waals surface area (Å²) in [6, 6.07) is 1.48. The van der Waals surface area contributed by atoms with Crippen molar-refractivity contribution in [2.24, 2.45) is 5.92 Å². The van der Waals surface area contributed by atoms with Crippen molar-refractivity contribution < 1.29 is 4.52 Å². The zero-order valence-corrected chi connectivity index (χ0v) is 13.3. The molecule has 112 valence electrons. The van der Waals surface area contributed by atoms with Gasteiger partial charge in [-0.05, 0) is 38.0 Å². The van der Waals surface area contributed by atoms with E-state index in [1.807, 2.05) is 11.8 Å². The Morgan fingerprint density at radius 3 is 2.80 bits per heavy atom. The van der Waals surface area contributed by atoms with Crippen LogP contribution in [0, 0.1) is 5.92 Å². The minimum atomic E-state index is 0.664. The van der Waals surface area contributed by atoms with Gasteiger partial charge in [0.2, 0.25) is 5.89 Å². The molecule has 3 atom stereocenters. The largest absolute Gasteiger partial charge is 0.339 e. The fourth-order valence-electron chi connectivity index (χ4n) is 3.36. The number of piperidine rings is 1. The van der Waals surface area contributed by atoms with Crippen molar-refractivity contribution in [1.29, 1.82) is 0 Å². The molecular formula is C15H25N3OS. The Labute approximate surface area is 125 Å². The Balaban J connectivity index is 1.49. The lowest BCUT2D eigenvalue weighted by atomic mass is 9.90. The summed E-state index contributed by atoms with van der Waals surface area (Å²) in [6.07, 6.45) is 7.40. The number of hydrogen-bond acceptors (Lipinski definition) is 5. The summed E-state index contributed by atoms with van der Waals surface area (Å²) in [5.41, 5.74) is 0. The van der Waals surface area contributed by atoms with Crippen molar-refractivity contribution in [3.63, 3.8) is 0 Å². The summed E-state index contributed by atoms with van der Waals surface area (Å²) in [6.45, 7) is 4.46. The fourth-order valence-corrected chi connectivity index (χ4v) is 4.14. The molecule has 3 heterocycles. The predicted octanol–water partition coefficient (Wildman–Crippen LogP) is 3.17. The predicted molar refractivity (Wildman–Crippen MR) is 81.7 cm³/mol. The monoisotopic (exact) mass is 295 g/mol. The Bertz CT molecular complexity index is 425. The van der Waals surface area contributed by atoms with Crippen LogP contribution in [0.4, 0.5) is 0 Å². The van der Waals surface area contributed by atoms with Gasteiger partial charge < -0.3 is 9.84 Å². The summed E-state index contributed by atoms with van der Waals surface area (Å²) in [7, 11) is 0. The van der Waals surface area contributed by atoms with E-state index < -0.39 is 0 Å². The first kappa shape index (κ1) is 14.4. The van der Waals surface area contributed by atoms with E-state index in [1.165, 1.54) is 32.1 Å². The Morgan fingerprint density at radius 1 is 1.35 bits per heavy atom. The van der Waals surface area contributed by atoms with Gasteiger partial charge in [0.1, 0.15) is 0 Å². The van der Waals surface area contributed by atoms with Gasteiger partial charge in [0.25, 0.3) is 0 Å².